The number of imidazole rings is 1. The lowest BCUT2D eigenvalue weighted by atomic mass is 10.2. The van der Waals surface area contributed by atoms with Gasteiger partial charge in [0, 0.05) is 20.0 Å². The van der Waals surface area contributed by atoms with Crippen LogP contribution in [0.5, 0.6) is 0 Å². The van der Waals surface area contributed by atoms with Crippen LogP contribution in [0.3, 0.4) is 0 Å². The minimum atomic E-state index is -0.472. The van der Waals surface area contributed by atoms with Crippen molar-refractivity contribution in [2.45, 2.75) is 32.7 Å². The van der Waals surface area contributed by atoms with E-state index in [1.165, 1.54) is 4.57 Å². The normalized spacial score (nSPS) is 11.1. The highest BCUT2D eigenvalue weighted by atomic mass is 16.2. The number of fused-ring (bicyclic) bond motifs is 1. The van der Waals surface area contributed by atoms with Crippen LogP contribution in [0.25, 0.3) is 11.2 Å². The number of aromatic amines is 1. The van der Waals surface area contributed by atoms with Gasteiger partial charge in [-0.25, -0.2) is 9.78 Å². The lowest BCUT2D eigenvalue weighted by Gasteiger charge is -2.06. The van der Waals surface area contributed by atoms with Gasteiger partial charge in [-0.05, 0) is 19.8 Å². The summed E-state index contributed by atoms with van der Waals surface area (Å²) in [5.41, 5.74) is -0.159. The molecular weight excluding hydrogens is 248 g/mol. The molecule has 2 aromatic rings. The summed E-state index contributed by atoms with van der Waals surface area (Å²) in [5.74, 6) is 0.166. The third kappa shape index (κ3) is 2.64. The summed E-state index contributed by atoms with van der Waals surface area (Å²) in [7, 11) is 1.59. The van der Waals surface area contributed by atoms with Gasteiger partial charge in [-0.2, -0.15) is 0 Å². The van der Waals surface area contributed by atoms with E-state index >= 15 is 0 Å². The Kier molecular flexibility index (Phi) is 3.64. The Bertz CT molecular complexity index is 723. The number of aromatic nitrogens is 4. The van der Waals surface area contributed by atoms with Crippen molar-refractivity contribution in [3.8, 4) is 0 Å². The Balaban J connectivity index is 2.27. The second-order valence-corrected chi connectivity index (χ2v) is 4.59. The SMILES string of the molecule is CC(=O)CCCCn1cnc2c(=O)[nH]c(=O)n(C)c21. The average molecular weight is 264 g/mol. The van der Waals surface area contributed by atoms with Crippen molar-refractivity contribution in [3.63, 3.8) is 0 Å². The molecule has 0 fully saturated rings. The van der Waals surface area contributed by atoms with Crippen molar-refractivity contribution >= 4 is 16.9 Å². The molecule has 0 aliphatic rings. The Morgan fingerprint density at radius 1 is 1.37 bits per heavy atom. The van der Waals surface area contributed by atoms with Gasteiger partial charge in [-0.3, -0.25) is 14.3 Å². The van der Waals surface area contributed by atoms with E-state index in [9.17, 15) is 14.4 Å². The molecule has 0 atom stereocenters. The molecule has 7 nitrogen and oxygen atoms in total. The number of hydrogen-bond donors (Lipinski definition) is 1. The maximum absolute atomic E-state index is 11.6. The second kappa shape index (κ2) is 5.21. The first-order valence-corrected chi connectivity index (χ1v) is 6.14. The lowest BCUT2D eigenvalue weighted by Crippen LogP contribution is -2.29. The average Bonchev–Trinajstić information content (AvgIpc) is 2.76. The number of carbonyl (C=O) groups is 1. The van der Waals surface area contributed by atoms with Crippen molar-refractivity contribution in [1.82, 2.24) is 19.1 Å². The minimum absolute atomic E-state index is 0.166. The van der Waals surface area contributed by atoms with E-state index in [-0.39, 0.29) is 11.3 Å². The van der Waals surface area contributed by atoms with Gasteiger partial charge in [0.25, 0.3) is 5.56 Å². The van der Waals surface area contributed by atoms with E-state index in [4.69, 9.17) is 0 Å². The number of nitrogens with one attached hydrogen (secondary N) is 1. The molecule has 0 spiro atoms. The zero-order valence-electron chi connectivity index (χ0n) is 11.0. The van der Waals surface area contributed by atoms with E-state index in [1.54, 1.807) is 24.9 Å². The number of Topliss-reactive ketones (excluding diaryl/α,β-unsaturated/α-hetero) is 1. The van der Waals surface area contributed by atoms with Gasteiger partial charge in [-0.1, -0.05) is 0 Å². The van der Waals surface area contributed by atoms with Gasteiger partial charge in [0.15, 0.2) is 5.52 Å². The summed E-state index contributed by atoms with van der Waals surface area (Å²) < 4.78 is 3.14. The predicted molar refractivity (Wildman–Crippen MR) is 70.1 cm³/mol. The van der Waals surface area contributed by atoms with Gasteiger partial charge < -0.3 is 9.36 Å². The lowest BCUT2D eigenvalue weighted by molar-refractivity contribution is -0.117. The van der Waals surface area contributed by atoms with Gasteiger partial charge in [0.2, 0.25) is 0 Å². The molecule has 0 unspecified atom stereocenters. The molecular formula is C12H16N4O3. The number of rotatable bonds is 5. The number of H-pyrrole nitrogens is 1. The van der Waals surface area contributed by atoms with Crippen LogP contribution in [-0.2, 0) is 18.4 Å². The largest absolute Gasteiger partial charge is 0.329 e. The van der Waals surface area contributed by atoms with Crippen LogP contribution < -0.4 is 11.2 Å². The van der Waals surface area contributed by atoms with Crippen molar-refractivity contribution in [2.24, 2.45) is 7.05 Å². The summed E-state index contributed by atoms with van der Waals surface area (Å²) in [6, 6.07) is 0. The van der Waals surface area contributed by atoms with Crippen LogP contribution in [0.4, 0.5) is 0 Å². The molecule has 0 saturated carbocycles. The molecule has 2 rings (SSSR count). The zero-order chi connectivity index (χ0) is 14.0. The van der Waals surface area contributed by atoms with E-state index < -0.39 is 11.2 Å². The molecule has 0 aromatic carbocycles. The Morgan fingerprint density at radius 3 is 2.79 bits per heavy atom. The molecule has 1 N–H and O–H groups in total. The molecule has 0 radical (unpaired) electrons. The van der Waals surface area contributed by atoms with Crippen molar-refractivity contribution in [1.29, 1.82) is 0 Å². The first kappa shape index (κ1) is 13.3. The highest BCUT2D eigenvalue weighted by Gasteiger charge is 2.10. The minimum Gasteiger partial charge on any atom is -0.316 e. The molecule has 19 heavy (non-hydrogen) atoms. The quantitative estimate of drug-likeness (QED) is 0.780. The molecule has 0 aliphatic carbocycles. The summed E-state index contributed by atoms with van der Waals surface area (Å²) in [6.07, 6.45) is 3.68. The van der Waals surface area contributed by atoms with Crippen LogP contribution in [0.2, 0.25) is 0 Å². The number of nitrogens with zero attached hydrogens (tertiary/aromatic N) is 3. The third-order valence-corrected chi connectivity index (χ3v) is 3.05. The highest BCUT2D eigenvalue weighted by Crippen LogP contribution is 2.08. The number of aryl methyl sites for hydroxylation is 2. The van der Waals surface area contributed by atoms with E-state index in [0.29, 0.717) is 18.6 Å². The summed E-state index contributed by atoms with van der Waals surface area (Å²) in [4.78, 5) is 40.2. The van der Waals surface area contributed by atoms with Gasteiger partial charge in [0.1, 0.15) is 11.4 Å². The fourth-order valence-electron chi connectivity index (χ4n) is 2.04. The number of carbonyl (C=O) groups excluding carboxylic acids is 1. The predicted octanol–water partition coefficient (Wildman–Crippen LogP) is 0.183. The molecule has 0 bridgehead atoms. The number of hydrogen-bond acceptors (Lipinski definition) is 4. The van der Waals surface area contributed by atoms with Crippen LogP contribution >= 0.6 is 0 Å². The highest BCUT2D eigenvalue weighted by molar-refractivity contribution is 5.75. The number of unbranched alkanes of at least 4 members (excludes halogenated alkanes) is 1. The summed E-state index contributed by atoms with van der Waals surface area (Å²) in [5, 5.41) is 0. The fourth-order valence-corrected chi connectivity index (χ4v) is 2.04. The standard InChI is InChI=1S/C12H16N4O3/c1-8(17)5-3-4-6-16-7-13-9-10(18)14-12(19)15(2)11(9)16/h7H,3-6H2,1-2H3,(H,14,18,19). The third-order valence-electron chi connectivity index (χ3n) is 3.05. The van der Waals surface area contributed by atoms with E-state index in [2.05, 4.69) is 9.97 Å². The first-order valence-electron chi connectivity index (χ1n) is 6.14. The fraction of sp³-hybridized carbons (Fsp3) is 0.500. The van der Waals surface area contributed by atoms with Gasteiger partial charge in [0.05, 0.1) is 6.33 Å². The molecule has 102 valence electrons. The smallest absolute Gasteiger partial charge is 0.316 e. The molecule has 2 heterocycles. The first-order chi connectivity index (χ1) is 9.00. The Labute approximate surface area is 108 Å². The Morgan fingerprint density at radius 2 is 2.11 bits per heavy atom. The van der Waals surface area contributed by atoms with Crippen LogP contribution in [-0.4, -0.2) is 24.9 Å². The second-order valence-electron chi connectivity index (χ2n) is 4.59. The monoisotopic (exact) mass is 264 g/mol. The molecule has 0 amide bonds. The van der Waals surface area contributed by atoms with Crippen LogP contribution in [0.1, 0.15) is 26.2 Å². The zero-order valence-corrected chi connectivity index (χ0v) is 11.0. The van der Waals surface area contributed by atoms with Crippen molar-refractivity contribution in [2.75, 3.05) is 0 Å². The van der Waals surface area contributed by atoms with Crippen LogP contribution in [0, 0.1) is 0 Å². The Hall–Kier alpha value is -2.18. The molecule has 2 aromatic heterocycles. The summed E-state index contributed by atoms with van der Waals surface area (Å²) in [6.45, 7) is 2.19. The van der Waals surface area contributed by atoms with Gasteiger partial charge in [-0.15, -0.1) is 0 Å². The maximum atomic E-state index is 11.6. The van der Waals surface area contributed by atoms with E-state index in [0.717, 1.165) is 12.8 Å². The molecule has 7 heteroatoms. The number of ketones is 1. The molecule has 0 saturated heterocycles. The van der Waals surface area contributed by atoms with Gasteiger partial charge >= 0.3 is 5.69 Å². The van der Waals surface area contributed by atoms with Crippen LogP contribution in [0.15, 0.2) is 15.9 Å². The maximum Gasteiger partial charge on any atom is 0.329 e. The molecule has 0 aliphatic heterocycles. The van der Waals surface area contributed by atoms with Crippen molar-refractivity contribution in [3.05, 3.63) is 27.2 Å². The van der Waals surface area contributed by atoms with E-state index in [1.807, 2.05) is 0 Å². The summed E-state index contributed by atoms with van der Waals surface area (Å²) >= 11 is 0. The topological polar surface area (TPSA) is 89.8 Å². The van der Waals surface area contributed by atoms with Crippen molar-refractivity contribution < 1.29 is 4.79 Å².